The van der Waals surface area contributed by atoms with Gasteiger partial charge in [0.15, 0.2) is 0 Å². The highest BCUT2D eigenvalue weighted by Crippen LogP contribution is 2.25. The molecule has 2 atom stereocenters. The Bertz CT molecular complexity index is 627. The van der Waals surface area contributed by atoms with Gasteiger partial charge in [-0.25, -0.2) is 4.39 Å². The van der Waals surface area contributed by atoms with Crippen molar-refractivity contribution in [2.24, 2.45) is 0 Å². The molecular weight excluding hydrogens is 289 g/mol. The molecule has 0 unspecified atom stereocenters. The van der Waals surface area contributed by atoms with Crippen molar-refractivity contribution in [1.29, 1.82) is 0 Å². The molecule has 0 saturated heterocycles. The fourth-order valence-corrected chi connectivity index (χ4v) is 2.58. The Kier molecular flexibility index (Phi) is 6.51. The number of benzene rings is 2. The average molecular weight is 313 g/mol. The minimum Gasteiger partial charge on any atom is -0.293 e. The summed E-state index contributed by atoms with van der Waals surface area (Å²) in [6.45, 7) is 7.73. The number of halogens is 1. The Morgan fingerprint density at radius 2 is 1.91 bits per heavy atom. The lowest BCUT2D eigenvalue weighted by molar-refractivity contribution is -0.0431. The van der Waals surface area contributed by atoms with Gasteiger partial charge in [0, 0.05) is 0 Å². The molecule has 2 aromatic rings. The second-order valence-corrected chi connectivity index (χ2v) is 5.59. The first-order chi connectivity index (χ1) is 11.2. The van der Waals surface area contributed by atoms with Gasteiger partial charge in [0.1, 0.15) is 11.9 Å². The Labute approximate surface area is 138 Å². The third-order valence-electron chi connectivity index (χ3n) is 3.94. The molecule has 0 radical (unpaired) electrons. The second-order valence-electron chi connectivity index (χ2n) is 5.59. The van der Waals surface area contributed by atoms with Crippen LogP contribution in [0.2, 0.25) is 0 Å². The molecule has 0 amide bonds. The largest absolute Gasteiger partial charge is 0.293 e. The topological polar surface area (TPSA) is 21.3 Å². The molecule has 2 aromatic carbocycles. The van der Waals surface area contributed by atoms with Gasteiger partial charge in [-0.3, -0.25) is 4.84 Å². The zero-order chi connectivity index (χ0) is 16.7. The lowest BCUT2D eigenvalue weighted by atomic mass is 10.0. The van der Waals surface area contributed by atoms with E-state index >= 15 is 0 Å². The summed E-state index contributed by atoms with van der Waals surface area (Å²) in [5, 5.41) is 0. The summed E-state index contributed by atoms with van der Waals surface area (Å²) in [6.07, 6.45) is 3.61. The Hall–Kier alpha value is -1.97. The Balaban J connectivity index is 2.12. The monoisotopic (exact) mass is 313 g/mol. The summed E-state index contributed by atoms with van der Waals surface area (Å²) >= 11 is 0. The van der Waals surface area contributed by atoms with Crippen LogP contribution in [-0.4, -0.2) is 0 Å². The molecule has 0 spiro atoms. The molecule has 122 valence electrons. The molecule has 2 nitrogen and oxygen atoms in total. The maximum Gasteiger partial charge on any atom is 0.126 e. The van der Waals surface area contributed by atoms with Gasteiger partial charge in [-0.15, -0.1) is 6.58 Å². The summed E-state index contributed by atoms with van der Waals surface area (Å²) in [7, 11) is 0. The van der Waals surface area contributed by atoms with Crippen LogP contribution in [0.25, 0.3) is 0 Å². The first-order valence-corrected chi connectivity index (χ1v) is 8.01. The number of nitrogens with one attached hydrogen (secondary N) is 1. The van der Waals surface area contributed by atoms with E-state index in [-0.39, 0.29) is 18.0 Å². The van der Waals surface area contributed by atoms with Crippen LogP contribution in [0.3, 0.4) is 0 Å². The zero-order valence-corrected chi connectivity index (χ0v) is 13.8. The first kappa shape index (κ1) is 17.4. The van der Waals surface area contributed by atoms with Crippen molar-refractivity contribution in [3.63, 3.8) is 0 Å². The van der Waals surface area contributed by atoms with Gasteiger partial charge in [0.25, 0.3) is 0 Å². The normalized spacial score (nSPS) is 13.5. The van der Waals surface area contributed by atoms with Gasteiger partial charge < -0.3 is 0 Å². The number of hydrogen-bond donors (Lipinski definition) is 1. The summed E-state index contributed by atoms with van der Waals surface area (Å²) in [5.41, 5.74) is 5.63. The van der Waals surface area contributed by atoms with E-state index < -0.39 is 0 Å². The highest BCUT2D eigenvalue weighted by atomic mass is 19.1. The molecule has 0 aliphatic heterocycles. The van der Waals surface area contributed by atoms with Crippen LogP contribution in [0.4, 0.5) is 4.39 Å². The lowest BCUT2D eigenvalue weighted by Gasteiger charge is -2.23. The van der Waals surface area contributed by atoms with E-state index in [1.807, 2.05) is 24.3 Å². The van der Waals surface area contributed by atoms with E-state index in [1.54, 1.807) is 19.1 Å². The van der Waals surface area contributed by atoms with Gasteiger partial charge in [-0.1, -0.05) is 61.9 Å². The standard InChI is InChI=1S/C20H24FNO/c1-4-10-20(16-11-7-6-8-12-16)23-22-19(5-2)17-13-9-14-18(21)15(17)3/h5-9,11-14,19-20,22H,2,4,10H2,1,3H3/t19-,20-/m0/s1. The first-order valence-electron chi connectivity index (χ1n) is 8.01. The van der Waals surface area contributed by atoms with E-state index in [1.165, 1.54) is 6.07 Å². The van der Waals surface area contributed by atoms with Crippen LogP contribution < -0.4 is 5.48 Å². The van der Waals surface area contributed by atoms with Gasteiger partial charge in [0.2, 0.25) is 0 Å². The summed E-state index contributed by atoms with van der Waals surface area (Å²) in [4.78, 5) is 5.93. The highest BCUT2D eigenvalue weighted by molar-refractivity contribution is 5.32. The summed E-state index contributed by atoms with van der Waals surface area (Å²) < 4.78 is 13.8. The average Bonchev–Trinajstić information content (AvgIpc) is 2.58. The minimum absolute atomic E-state index is 0.0440. The smallest absolute Gasteiger partial charge is 0.126 e. The molecule has 0 aliphatic rings. The zero-order valence-electron chi connectivity index (χ0n) is 13.8. The van der Waals surface area contributed by atoms with Crippen molar-refractivity contribution >= 4 is 0 Å². The molecule has 0 aliphatic carbocycles. The van der Waals surface area contributed by atoms with Crippen LogP contribution in [0.5, 0.6) is 0 Å². The quantitative estimate of drug-likeness (QED) is 0.519. The van der Waals surface area contributed by atoms with Crippen LogP contribution in [0, 0.1) is 12.7 Å². The highest BCUT2D eigenvalue weighted by Gasteiger charge is 2.16. The van der Waals surface area contributed by atoms with Crippen LogP contribution in [0.1, 0.15) is 48.6 Å². The molecule has 23 heavy (non-hydrogen) atoms. The molecule has 0 saturated carbocycles. The molecule has 0 bridgehead atoms. The maximum absolute atomic E-state index is 13.8. The SMILES string of the molecule is C=C[C@H](NO[C@@H](CCC)c1ccccc1)c1cccc(F)c1C. The molecule has 0 aromatic heterocycles. The minimum atomic E-state index is -0.256. The molecule has 0 heterocycles. The van der Waals surface area contributed by atoms with E-state index in [0.29, 0.717) is 5.56 Å². The third-order valence-corrected chi connectivity index (χ3v) is 3.94. The van der Waals surface area contributed by atoms with E-state index in [2.05, 4.69) is 31.1 Å². The third kappa shape index (κ3) is 4.50. The second kappa shape index (κ2) is 8.61. The Morgan fingerprint density at radius 3 is 2.57 bits per heavy atom. The number of rotatable bonds is 8. The molecule has 3 heteroatoms. The molecule has 0 fully saturated rings. The van der Waals surface area contributed by atoms with Crippen molar-refractivity contribution in [1.82, 2.24) is 5.48 Å². The lowest BCUT2D eigenvalue weighted by Crippen LogP contribution is -2.23. The predicted molar refractivity (Wildman–Crippen MR) is 92.4 cm³/mol. The molecule has 1 N–H and O–H groups in total. The Morgan fingerprint density at radius 1 is 1.17 bits per heavy atom. The molecular formula is C20H24FNO. The van der Waals surface area contributed by atoms with Gasteiger partial charge in [-0.2, -0.15) is 5.48 Å². The van der Waals surface area contributed by atoms with Crippen molar-refractivity contribution in [2.75, 3.05) is 0 Å². The van der Waals surface area contributed by atoms with Gasteiger partial charge in [0.05, 0.1) is 6.04 Å². The maximum atomic E-state index is 13.8. The number of hydrogen-bond acceptors (Lipinski definition) is 2. The van der Waals surface area contributed by atoms with Crippen molar-refractivity contribution in [3.8, 4) is 0 Å². The van der Waals surface area contributed by atoms with Crippen LogP contribution >= 0.6 is 0 Å². The predicted octanol–water partition coefficient (Wildman–Crippen LogP) is 5.42. The van der Waals surface area contributed by atoms with Crippen LogP contribution in [0.15, 0.2) is 61.2 Å². The van der Waals surface area contributed by atoms with Crippen molar-refractivity contribution in [3.05, 3.63) is 83.7 Å². The summed E-state index contributed by atoms with van der Waals surface area (Å²) in [6, 6.07) is 14.9. The van der Waals surface area contributed by atoms with E-state index in [9.17, 15) is 4.39 Å². The van der Waals surface area contributed by atoms with Crippen molar-refractivity contribution < 1.29 is 9.23 Å². The van der Waals surface area contributed by atoms with Crippen molar-refractivity contribution in [2.45, 2.75) is 38.8 Å². The number of hydroxylamine groups is 1. The van der Waals surface area contributed by atoms with E-state index in [4.69, 9.17) is 4.84 Å². The fraction of sp³-hybridized carbons (Fsp3) is 0.300. The fourth-order valence-electron chi connectivity index (χ4n) is 2.58. The van der Waals surface area contributed by atoms with Gasteiger partial charge in [-0.05, 0) is 36.1 Å². The van der Waals surface area contributed by atoms with Gasteiger partial charge >= 0.3 is 0 Å². The summed E-state index contributed by atoms with van der Waals surface area (Å²) in [5.74, 6) is -0.218. The van der Waals surface area contributed by atoms with Crippen LogP contribution in [-0.2, 0) is 4.84 Å². The molecule has 2 rings (SSSR count). The van der Waals surface area contributed by atoms with E-state index in [0.717, 1.165) is 24.0 Å².